The van der Waals surface area contributed by atoms with E-state index in [2.05, 4.69) is 6.58 Å². The van der Waals surface area contributed by atoms with Crippen molar-refractivity contribution in [2.75, 3.05) is 25.4 Å². The molecule has 28 heavy (non-hydrogen) atoms. The minimum Gasteiger partial charge on any atom is -0.384 e. The number of rotatable bonds is 9. The van der Waals surface area contributed by atoms with E-state index in [9.17, 15) is 14.4 Å². The molecular weight excluding hydrogens is 356 g/mol. The number of aromatic nitrogens is 2. The second-order valence-electron chi connectivity index (χ2n) is 6.85. The molecule has 0 unspecified atom stereocenters. The van der Waals surface area contributed by atoms with Crippen molar-refractivity contribution in [3.05, 3.63) is 74.4 Å². The fourth-order valence-electron chi connectivity index (χ4n) is 3.12. The lowest BCUT2D eigenvalue weighted by molar-refractivity contribution is 0.0937. The van der Waals surface area contributed by atoms with Gasteiger partial charge >= 0.3 is 5.69 Å². The number of ketones is 1. The van der Waals surface area contributed by atoms with Crippen LogP contribution in [0.1, 0.15) is 36.7 Å². The summed E-state index contributed by atoms with van der Waals surface area (Å²) >= 11 is 0. The molecule has 0 amide bonds. The molecule has 0 saturated carbocycles. The van der Waals surface area contributed by atoms with Crippen molar-refractivity contribution in [3.8, 4) is 0 Å². The van der Waals surface area contributed by atoms with Crippen molar-refractivity contribution in [1.82, 2.24) is 14.0 Å². The van der Waals surface area contributed by atoms with E-state index < -0.39 is 17.0 Å². The van der Waals surface area contributed by atoms with Gasteiger partial charge in [-0.15, -0.1) is 0 Å². The van der Waals surface area contributed by atoms with E-state index >= 15 is 0 Å². The Morgan fingerprint density at radius 1 is 1.11 bits per heavy atom. The Kier molecular flexibility index (Phi) is 7.12. The number of hydrogen-bond acceptors (Lipinski definition) is 5. The van der Waals surface area contributed by atoms with Gasteiger partial charge in [-0.3, -0.25) is 23.6 Å². The van der Waals surface area contributed by atoms with E-state index in [0.29, 0.717) is 13.1 Å². The van der Waals surface area contributed by atoms with Crippen LogP contribution < -0.4 is 17.0 Å². The second kappa shape index (κ2) is 9.32. The molecule has 2 rings (SSSR count). The molecule has 0 radical (unpaired) electrons. The van der Waals surface area contributed by atoms with Crippen LogP contribution in [-0.2, 0) is 13.1 Å². The van der Waals surface area contributed by atoms with Crippen molar-refractivity contribution in [2.24, 2.45) is 0 Å². The Labute approximate surface area is 164 Å². The van der Waals surface area contributed by atoms with Gasteiger partial charge in [0, 0.05) is 13.1 Å². The van der Waals surface area contributed by atoms with E-state index in [0.717, 1.165) is 15.7 Å². The minimum atomic E-state index is -0.634. The molecule has 0 aliphatic heterocycles. The maximum atomic E-state index is 12.9. The molecule has 7 nitrogen and oxygen atoms in total. The van der Waals surface area contributed by atoms with Crippen LogP contribution in [0.3, 0.4) is 0 Å². The van der Waals surface area contributed by atoms with E-state index in [1.807, 2.05) is 49.1 Å². The number of carbonyl (C=O) groups excluding carboxylic acids is 1. The average Bonchev–Trinajstić information content (AvgIpc) is 2.65. The van der Waals surface area contributed by atoms with Crippen molar-refractivity contribution >= 4 is 11.6 Å². The number of nitrogen functional groups attached to an aromatic ring is 1. The Morgan fingerprint density at radius 2 is 1.75 bits per heavy atom. The number of likely N-dealkylation sites (N-methyl/N-ethyl adjacent to an activating group) is 1. The molecule has 0 saturated heterocycles. The van der Waals surface area contributed by atoms with Gasteiger partial charge in [-0.05, 0) is 26.0 Å². The standard InChI is InChI=1S/C21H28N4O3/c1-5-23(12-15(3)4)14-17(26)18-19(22)25(13-16-10-8-7-9-11-16)21(28)24(6-2)20(18)27/h7-11H,3,5-6,12-14,22H2,1-2,4H3. The van der Waals surface area contributed by atoms with Gasteiger partial charge in [-0.2, -0.15) is 0 Å². The van der Waals surface area contributed by atoms with Gasteiger partial charge in [-0.25, -0.2) is 4.79 Å². The SMILES string of the molecule is C=C(C)CN(CC)CC(=O)c1c(N)n(Cc2ccccc2)c(=O)n(CC)c1=O. The lowest BCUT2D eigenvalue weighted by Gasteiger charge is -2.21. The summed E-state index contributed by atoms with van der Waals surface area (Å²) in [6.45, 7) is 10.9. The Bertz CT molecular complexity index is 974. The van der Waals surface area contributed by atoms with E-state index in [1.54, 1.807) is 6.92 Å². The highest BCUT2D eigenvalue weighted by Crippen LogP contribution is 2.11. The van der Waals surface area contributed by atoms with Gasteiger partial charge in [0.25, 0.3) is 5.56 Å². The molecular formula is C21H28N4O3. The zero-order valence-electron chi connectivity index (χ0n) is 16.8. The number of hydrogen-bond donors (Lipinski definition) is 1. The number of anilines is 1. The van der Waals surface area contributed by atoms with Crippen LogP contribution in [0.25, 0.3) is 0 Å². The molecule has 0 spiro atoms. The van der Waals surface area contributed by atoms with Crippen LogP contribution in [0.2, 0.25) is 0 Å². The molecule has 2 N–H and O–H groups in total. The summed E-state index contributed by atoms with van der Waals surface area (Å²) in [6, 6.07) is 9.31. The quantitative estimate of drug-likeness (QED) is 0.525. The Balaban J connectivity index is 2.53. The molecule has 1 aromatic heterocycles. The Morgan fingerprint density at radius 3 is 2.29 bits per heavy atom. The number of nitrogens with two attached hydrogens (primary N) is 1. The van der Waals surface area contributed by atoms with E-state index in [4.69, 9.17) is 5.73 Å². The van der Waals surface area contributed by atoms with Gasteiger partial charge in [-0.1, -0.05) is 49.4 Å². The van der Waals surface area contributed by atoms with Gasteiger partial charge in [0.2, 0.25) is 0 Å². The summed E-state index contributed by atoms with van der Waals surface area (Å²) < 4.78 is 2.35. The summed E-state index contributed by atoms with van der Waals surface area (Å²) in [7, 11) is 0. The van der Waals surface area contributed by atoms with Gasteiger partial charge in [0.1, 0.15) is 11.4 Å². The molecule has 0 bridgehead atoms. The second-order valence-corrected chi connectivity index (χ2v) is 6.85. The third-order valence-electron chi connectivity index (χ3n) is 4.55. The summed E-state index contributed by atoms with van der Waals surface area (Å²) in [5.74, 6) is -0.477. The first-order chi connectivity index (χ1) is 13.3. The van der Waals surface area contributed by atoms with Crippen molar-refractivity contribution < 1.29 is 4.79 Å². The summed E-state index contributed by atoms with van der Waals surface area (Å²) in [5, 5.41) is 0. The third-order valence-corrected chi connectivity index (χ3v) is 4.55. The van der Waals surface area contributed by atoms with Gasteiger partial charge < -0.3 is 5.73 Å². The van der Waals surface area contributed by atoms with Crippen LogP contribution in [0.5, 0.6) is 0 Å². The zero-order valence-corrected chi connectivity index (χ0v) is 16.8. The zero-order chi connectivity index (χ0) is 20.8. The van der Waals surface area contributed by atoms with E-state index in [1.165, 1.54) is 4.57 Å². The Hall–Kier alpha value is -2.93. The number of carbonyl (C=O) groups is 1. The molecule has 1 aromatic carbocycles. The lowest BCUT2D eigenvalue weighted by Crippen LogP contribution is -2.45. The maximum absolute atomic E-state index is 12.9. The largest absolute Gasteiger partial charge is 0.384 e. The molecule has 7 heteroatoms. The highest BCUT2D eigenvalue weighted by molar-refractivity contribution is 6.01. The monoisotopic (exact) mass is 384 g/mol. The van der Waals surface area contributed by atoms with Gasteiger partial charge in [0.05, 0.1) is 13.1 Å². The summed E-state index contributed by atoms with van der Waals surface area (Å²) in [4.78, 5) is 40.4. The molecule has 0 atom stereocenters. The highest BCUT2D eigenvalue weighted by Gasteiger charge is 2.23. The molecule has 0 aliphatic rings. The predicted octanol–water partition coefficient (Wildman–Crippen LogP) is 1.74. The first-order valence-electron chi connectivity index (χ1n) is 9.37. The predicted molar refractivity (Wildman–Crippen MR) is 112 cm³/mol. The van der Waals surface area contributed by atoms with Crippen LogP contribution in [0, 0.1) is 0 Å². The number of benzene rings is 1. The first-order valence-corrected chi connectivity index (χ1v) is 9.37. The fourth-order valence-corrected chi connectivity index (χ4v) is 3.12. The fraction of sp³-hybridized carbons (Fsp3) is 0.381. The normalized spacial score (nSPS) is 11.0. The summed E-state index contributed by atoms with van der Waals surface area (Å²) in [6.07, 6.45) is 0. The summed E-state index contributed by atoms with van der Waals surface area (Å²) in [5.41, 5.74) is 6.67. The van der Waals surface area contributed by atoms with Crippen LogP contribution in [0.15, 0.2) is 52.1 Å². The topological polar surface area (TPSA) is 90.3 Å². The highest BCUT2D eigenvalue weighted by atomic mass is 16.2. The van der Waals surface area contributed by atoms with Crippen LogP contribution >= 0.6 is 0 Å². The number of Topliss-reactive ketones (excluding diaryl/α,β-unsaturated/α-hetero) is 1. The van der Waals surface area contributed by atoms with Crippen LogP contribution in [-0.4, -0.2) is 39.5 Å². The number of nitrogens with zero attached hydrogens (tertiary/aromatic N) is 3. The smallest absolute Gasteiger partial charge is 0.332 e. The molecule has 0 aliphatic carbocycles. The van der Waals surface area contributed by atoms with Gasteiger partial charge in [0.15, 0.2) is 5.78 Å². The first kappa shape index (κ1) is 21.4. The molecule has 150 valence electrons. The third kappa shape index (κ3) is 4.67. The molecule has 2 aromatic rings. The van der Waals surface area contributed by atoms with E-state index in [-0.39, 0.29) is 31.0 Å². The minimum absolute atomic E-state index is 0.0378. The average molecular weight is 384 g/mol. The lowest BCUT2D eigenvalue weighted by atomic mass is 10.1. The van der Waals surface area contributed by atoms with Crippen LogP contribution in [0.4, 0.5) is 5.82 Å². The molecule has 0 fully saturated rings. The van der Waals surface area contributed by atoms with Crippen molar-refractivity contribution in [1.29, 1.82) is 0 Å². The van der Waals surface area contributed by atoms with Crippen molar-refractivity contribution in [3.63, 3.8) is 0 Å². The maximum Gasteiger partial charge on any atom is 0.332 e. The van der Waals surface area contributed by atoms with Crippen molar-refractivity contribution in [2.45, 2.75) is 33.9 Å². The molecule has 1 heterocycles.